The maximum atomic E-state index is 13.5. The molecule has 1 N–H and O–H groups in total. The average molecular weight is 391 g/mol. The molecule has 0 spiro atoms. The third-order valence-electron chi connectivity index (χ3n) is 3.15. The van der Waals surface area contributed by atoms with Gasteiger partial charge in [-0.15, -0.1) is 0 Å². The number of anilines is 1. The molecule has 2 amide bonds. The number of hydrogen-bond acceptors (Lipinski definition) is 2. The number of amides is 2. The molecule has 9 heteroatoms. The van der Waals surface area contributed by atoms with Crippen LogP contribution in [0.2, 0.25) is 10.0 Å². The first-order valence-corrected chi connectivity index (χ1v) is 7.59. The van der Waals surface area contributed by atoms with E-state index in [0.29, 0.717) is 6.07 Å². The highest BCUT2D eigenvalue weighted by Crippen LogP contribution is 2.21. The quantitative estimate of drug-likeness (QED) is 0.798. The molecule has 132 valence electrons. The molecule has 0 atom stereocenters. The van der Waals surface area contributed by atoms with Crippen molar-refractivity contribution in [3.8, 4) is 0 Å². The Morgan fingerprint density at radius 3 is 2.24 bits per heavy atom. The van der Waals surface area contributed by atoms with Crippen LogP contribution in [0.3, 0.4) is 0 Å². The van der Waals surface area contributed by atoms with Gasteiger partial charge < -0.3 is 10.2 Å². The lowest BCUT2D eigenvalue weighted by atomic mass is 10.2. The summed E-state index contributed by atoms with van der Waals surface area (Å²) in [6.07, 6.45) is 0. The minimum absolute atomic E-state index is 0.159. The van der Waals surface area contributed by atoms with Gasteiger partial charge in [-0.1, -0.05) is 23.2 Å². The zero-order valence-corrected chi connectivity index (χ0v) is 14.3. The third-order valence-corrected chi connectivity index (χ3v) is 3.58. The van der Waals surface area contributed by atoms with E-state index in [-0.39, 0.29) is 15.6 Å². The highest BCUT2D eigenvalue weighted by Gasteiger charge is 2.19. The molecule has 2 aromatic rings. The lowest BCUT2D eigenvalue weighted by Crippen LogP contribution is -2.35. The summed E-state index contributed by atoms with van der Waals surface area (Å²) in [5.41, 5.74) is -0.373. The number of halogens is 5. The molecular weight excluding hydrogens is 380 g/mol. The SMILES string of the molecule is CN(CC(=O)Nc1ccc(F)c(F)c1F)C(=O)c1cc(Cl)cc(Cl)c1. The summed E-state index contributed by atoms with van der Waals surface area (Å²) in [5, 5.41) is 2.57. The lowest BCUT2D eigenvalue weighted by molar-refractivity contribution is -0.116. The fourth-order valence-electron chi connectivity index (χ4n) is 2.00. The van der Waals surface area contributed by atoms with Crippen molar-refractivity contribution in [2.75, 3.05) is 18.9 Å². The van der Waals surface area contributed by atoms with Crippen LogP contribution in [0.25, 0.3) is 0 Å². The third kappa shape index (κ3) is 4.64. The number of rotatable bonds is 4. The Morgan fingerprint density at radius 2 is 1.64 bits per heavy atom. The van der Waals surface area contributed by atoms with Crippen LogP contribution in [0.1, 0.15) is 10.4 Å². The number of benzene rings is 2. The first kappa shape index (κ1) is 19.1. The molecule has 0 saturated heterocycles. The second-order valence-electron chi connectivity index (χ2n) is 5.09. The van der Waals surface area contributed by atoms with Crippen molar-refractivity contribution >= 4 is 40.7 Å². The Bertz CT molecular complexity index is 826. The lowest BCUT2D eigenvalue weighted by Gasteiger charge is -2.17. The Morgan fingerprint density at radius 1 is 1.04 bits per heavy atom. The first-order valence-electron chi connectivity index (χ1n) is 6.84. The summed E-state index contributed by atoms with van der Waals surface area (Å²) in [6, 6.07) is 5.75. The van der Waals surface area contributed by atoms with Crippen molar-refractivity contribution in [2.24, 2.45) is 0 Å². The summed E-state index contributed by atoms with van der Waals surface area (Å²) in [5.74, 6) is -5.94. The van der Waals surface area contributed by atoms with Gasteiger partial charge in [0.15, 0.2) is 17.5 Å². The normalized spacial score (nSPS) is 10.5. The van der Waals surface area contributed by atoms with Gasteiger partial charge in [-0.05, 0) is 30.3 Å². The van der Waals surface area contributed by atoms with E-state index < -0.39 is 41.5 Å². The van der Waals surface area contributed by atoms with Crippen molar-refractivity contribution in [1.29, 1.82) is 0 Å². The van der Waals surface area contributed by atoms with Gasteiger partial charge >= 0.3 is 0 Å². The van der Waals surface area contributed by atoms with Gasteiger partial charge in [0.1, 0.15) is 0 Å². The van der Waals surface area contributed by atoms with E-state index in [1.54, 1.807) is 0 Å². The van der Waals surface area contributed by atoms with Crippen LogP contribution >= 0.6 is 23.2 Å². The van der Waals surface area contributed by atoms with Gasteiger partial charge in [-0.3, -0.25) is 9.59 Å². The number of carbonyl (C=O) groups excluding carboxylic acids is 2. The minimum Gasteiger partial charge on any atom is -0.332 e. The van der Waals surface area contributed by atoms with E-state index in [0.717, 1.165) is 11.0 Å². The number of nitrogens with zero attached hydrogens (tertiary/aromatic N) is 1. The highest BCUT2D eigenvalue weighted by atomic mass is 35.5. The van der Waals surface area contributed by atoms with E-state index in [1.807, 2.05) is 0 Å². The zero-order chi connectivity index (χ0) is 18.7. The van der Waals surface area contributed by atoms with Gasteiger partial charge in [0.2, 0.25) is 5.91 Å². The molecule has 0 aliphatic heterocycles. The second-order valence-corrected chi connectivity index (χ2v) is 5.96. The maximum Gasteiger partial charge on any atom is 0.254 e. The second kappa shape index (κ2) is 7.76. The van der Waals surface area contributed by atoms with Crippen LogP contribution in [-0.2, 0) is 4.79 Å². The maximum absolute atomic E-state index is 13.5. The molecule has 0 radical (unpaired) electrons. The van der Waals surface area contributed by atoms with Gasteiger partial charge in [0, 0.05) is 22.7 Å². The van der Waals surface area contributed by atoms with Crippen LogP contribution in [0.5, 0.6) is 0 Å². The Labute approximate surface area is 151 Å². The molecule has 0 unspecified atom stereocenters. The molecule has 0 aromatic heterocycles. The monoisotopic (exact) mass is 390 g/mol. The van der Waals surface area contributed by atoms with Crippen LogP contribution in [0.4, 0.5) is 18.9 Å². The predicted molar refractivity (Wildman–Crippen MR) is 88.4 cm³/mol. The van der Waals surface area contributed by atoms with E-state index in [4.69, 9.17) is 23.2 Å². The number of nitrogens with one attached hydrogen (secondary N) is 1. The van der Waals surface area contributed by atoms with E-state index in [9.17, 15) is 22.8 Å². The van der Waals surface area contributed by atoms with Crippen molar-refractivity contribution in [1.82, 2.24) is 4.90 Å². The van der Waals surface area contributed by atoms with Crippen LogP contribution in [-0.4, -0.2) is 30.3 Å². The minimum atomic E-state index is -1.70. The summed E-state index contributed by atoms with van der Waals surface area (Å²) >= 11 is 11.6. The summed E-state index contributed by atoms with van der Waals surface area (Å²) < 4.78 is 39.5. The van der Waals surface area contributed by atoms with Gasteiger partial charge in [0.05, 0.1) is 12.2 Å². The summed E-state index contributed by atoms with van der Waals surface area (Å²) in [4.78, 5) is 25.2. The fraction of sp³-hybridized carbons (Fsp3) is 0.125. The molecular formula is C16H11Cl2F3N2O2. The molecule has 25 heavy (non-hydrogen) atoms. The van der Waals surface area contributed by atoms with E-state index in [1.165, 1.54) is 25.2 Å². The molecule has 0 saturated carbocycles. The van der Waals surface area contributed by atoms with Crippen molar-refractivity contribution in [2.45, 2.75) is 0 Å². The van der Waals surface area contributed by atoms with Gasteiger partial charge in [-0.2, -0.15) is 0 Å². The first-order chi connectivity index (χ1) is 11.7. The van der Waals surface area contributed by atoms with Crippen LogP contribution < -0.4 is 5.32 Å². The van der Waals surface area contributed by atoms with Crippen molar-refractivity contribution in [3.05, 3.63) is 63.4 Å². The van der Waals surface area contributed by atoms with Gasteiger partial charge in [-0.25, -0.2) is 13.2 Å². The number of hydrogen-bond donors (Lipinski definition) is 1. The smallest absolute Gasteiger partial charge is 0.254 e. The summed E-state index contributed by atoms with van der Waals surface area (Å²) in [6.45, 7) is -0.457. The highest BCUT2D eigenvalue weighted by molar-refractivity contribution is 6.35. The number of likely N-dealkylation sites (N-methyl/N-ethyl adjacent to an activating group) is 1. The molecule has 2 rings (SSSR count). The standard InChI is InChI=1S/C16H11Cl2F3N2O2/c1-23(16(25)8-4-9(17)6-10(18)5-8)7-13(24)22-12-3-2-11(19)14(20)15(12)21/h2-6H,7H2,1H3,(H,22,24). The Balaban J connectivity index is 2.07. The molecule has 0 aliphatic carbocycles. The van der Waals surface area contributed by atoms with E-state index in [2.05, 4.69) is 5.32 Å². The molecule has 0 heterocycles. The average Bonchev–Trinajstić information content (AvgIpc) is 2.53. The van der Waals surface area contributed by atoms with Gasteiger partial charge in [0.25, 0.3) is 5.91 Å². The largest absolute Gasteiger partial charge is 0.332 e. The van der Waals surface area contributed by atoms with Crippen molar-refractivity contribution < 1.29 is 22.8 Å². The topological polar surface area (TPSA) is 49.4 Å². The molecule has 0 aliphatic rings. The van der Waals surface area contributed by atoms with Crippen molar-refractivity contribution in [3.63, 3.8) is 0 Å². The molecule has 4 nitrogen and oxygen atoms in total. The molecule has 0 bridgehead atoms. The Hall–Kier alpha value is -2.25. The summed E-state index contributed by atoms with van der Waals surface area (Å²) in [7, 11) is 1.33. The predicted octanol–water partition coefficient (Wildman–Crippen LogP) is 4.12. The molecule has 2 aromatic carbocycles. The zero-order valence-electron chi connectivity index (χ0n) is 12.7. The molecule has 0 fully saturated rings. The van der Waals surface area contributed by atoms with Crippen LogP contribution in [0.15, 0.2) is 30.3 Å². The Kier molecular flexibility index (Phi) is 5.92. The van der Waals surface area contributed by atoms with Crippen LogP contribution in [0, 0.1) is 17.5 Å². The van der Waals surface area contributed by atoms with E-state index >= 15 is 0 Å². The fourth-order valence-corrected chi connectivity index (χ4v) is 2.52. The number of carbonyl (C=O) groups is 2.